The average molecular weight is 691 g/mol. The lowest BCUT2D eigenvalue weighted by Crippen LogP contribution is -2.38. The van der Waals surface area contributed by atoms with E-state index in [-0.39, 0.29) is 24.8 Å². The van der Waals surface area contributed by atoms with Crippen LogP contribution in [0.1, 0.15) is 51.7 Å². The third-order valence-corrected chi connectivity index (χ3v) is 9.10. The smallest absolute Gasteiger partial charge is 0.351 e. The number of carbonyl (C=O) groups excluding carboxylic acids is 1. The quantitative estimate of drug-likeness (QED) is 0.136. The van der Waals surface area contributed by atoms with Gasteiger partial charge in [-0.3, -0.25) is 9.36 Å². The number of aliphatic hydroxyl groups is 1. The van der Waals surface area contributed by atoms with Gasteiger partial charge in [0, 0.05) is 23.7 Å². The molecule has 4 N–H and O–H groups in total. The first kappa shape index (κ1) is 35.5. The number of rotatable bonds is 14. The van der Waals surface area contributed by atoms with Crippen molar-refractivity contribution in [2.45, 2.75) is 43.3 Å². The van der Waals surface area contributed by atoms with Crippen molar-refractivity contribution in [1.29, 1.82) is 0 Å². The fourth-order valence-corrected chi connectivity index (χ4v) is 6.39. The van der Waals surface area contributed by atoms with E-state index in [1.165, 1.54) is 4.57 Å². The molecule has 1 aliphatic rings. The van der Waals surface area contributed by atoms with Crippen molar-refractivity contribution in [3.05, 3.63) is 154 Å². The second kappa shape index (κ2) is 16.1. The van der Waals surface area contributed by atoms with Crippen molar-refractivity contribution in [1.82, 2.24) is 9.55 Å². The Hall–Kier alpha value is -5.33. The van der Waals surface area contributed by atoms with Crippen LogP contribution in [0.3, 0.4) is 0 Å². The summed E-state index contributed by atoms with van der Waals surface area (Å²) >= 11 is 0. The van der Waals surface area contributed by atoms with Gasteiger partial charge in [-0.2, -0.15) is 4.98 Å². The molecule has 1 aliphatic heterocycles. The van der Waals surface area contributed by atoms with Gasteiger partial charge in [-0.15, -0.1) is 0 Å². The lowest BCUT2D eigenvalue weighted by molar-refractivity contribution is -0.0944. The van der Waals surface area contributed by atoms with E-state index in [2.05, 4.69) is 10.3 Å². The van der Waals surface area contributed by atoms with Crippen molar-refractivity contribution in [2.75, 3.05) is 32.7 Å². The number of anilines is 1. The summed E-state index contributed by atoms with van der Waals surface area (Å²) in [5.74, 6) is 1.19. The van der Waals surface area contributed by atoms with E-state index >= 15 is 0 Å². The molecule has 0 bridgehead atoms. The highest BCUT2D eigenvalue weighted by Gasteiger charge is 2.42. The zero-order valence-corrected chi connectivity index (χ0v) is 28.6. The molecule has 3 atom stereocenters. The Morgan fingerprint density at radius 2 is 1.47 bits per heavy atom. The van der Waals surface area contributed by atoms with E-state index in [9.17, 15) is 14.7 Å². The van der Waals surface area contributed by atoms with E-state index in [0.717, 1.165) is 16.7 Å². The number of aromatic nitrogens is 2. The second-order valence-electron chi connectivity index (χ2n) is 12.3. The first-order valence-corrected chi connectivity index (χ1v) is 16.9. The van der Waals surface area contributed by atoms with Crippen molar-refractivity contribution in [3.63, 3.8) is 0 Å². The average Bonchev–Trinajstić information content (AvgIpc) is 3.55. The number of hydrogen-bond acceptors (Lipinski definition) is 9. The predicted octanol–water partition coefficient (Wildman–Crippen LogP) is 5.06. The van der Waals surface area contributed by atoms with Crippen LogP contribution in [0.5, 0.6) is 11.5 Å². The Kier molecular flexibility index (Phi) is 11.2. The van der Waals surface area contributed by atoms with Crippen LogP contribution in [0.15, 0.2) is 120 Å². The van der Waals surface area contributed by atoms with E-state index in [0.29, 0.717) is 42.0 Å². The molecule has 2 heterocycles. The van der Waals surface area contributed by atoms with Crippen LogP contribution in [0, 0.1) is 0 Å². The fourth-order valence-electron chi connectivity index (χ4n) is 6.39. The summed E-state index contributed by atoms with van der Waals surface area (Å²) in [4.78, 5) is 30.6. The minimum absolute atomic E-state index is 0.0158. The molecule has 11 nitrogen and oxygen atoms in total. The number of amides is 1. The highest BCUT2D eigenvalue weighted by Crippen LogP contribution is 2.42. The lowest BCUT2D eigenvalue weighted by atomic mass is 9.80. The van der Waals surface area contributed by atoms with Crippen molar-refractivity contribution < 1.29 is 28.8 Å². The number of nitrogens with zero attached hydrogens (tertiary/aromatic N) is 2. The van der Waals surface area contributed by atoms with Crippen LogP contribution in [0.25, 0.3) is 0 Å². The Morgan fingerprint density at radius 3 is 2.04 bits per heavy atom. The van der Waals surface area contributed by atoms with Crippen molar-refractivity contribution >= 4 is 11.7 Å². The molecule has 11 heteroatoms. The Bertz CT molecular complexity index is 1900. The molecule has 1 saturated heterocycles. The first-order valence-electron chi connectivity index (χ1n) is 16.9. The standard InChI is InChI=1S/C40H42N4O7/c1-48-32-19-15-30(16-20-32)40(29-13-7-4-8-14-29,31-17-21-33(49-2)22-18-31)50-26-35-34(45)24-36(51-35)44-25-28(12-9-23-41)37(43-39(44)47)42-38(46)27-10-5-3-6-11-27/h3-8,10-11,13-22,25,34-36,45H,9,12,23-24,26,41H2,1-2H3,(H,42,43,46,47)/t34?,35-,36-/m1/s1. The fraction of sp³-hybridized carbons (Fsp3) is 0.275. The molecule has 6 rings (SSSR count). The Labute approximate surface area is 296 Å². The van der Waals surface area contributed by atoms with E-state index in [1.54, 1.807) is 44.7 Å². The molecule has 1 unspecified atom stereocenters. The third kappa shape index (κ3) is 7.72. The summed E-state index contributed by atoms with van der Waals surface area (Å²) < 4.78 is 25.6. The van der Waals surface area contributed by atoms with Gasteiger partial charge >= 0.3 is 5.69 Å². The van der Waals surface area contributed by atoms with E-state index in [1.807, 2.05) is 84.9 Å². The van der Waals surface area contributed by atoms with Gasteiger partial charge in [0.2, 0.25) is 0 Å². The number of hydrogen-bond donors (Lipinski definition) is 3. The molecule has 4 aromatic carbocycles. The number of nitrogens with two attached hydrogens (primary N) is 1. The number of aryl methyl sites for hydroxylation is 1. The topological polar surface area (TPSA) is 147 Å². The van der Waals surface area contributed by atoms with Gasteiger partial charge < -0.3 is 35.1 Å². The Morgan fingerprint density at radius 1 is 0.902 bits per heavy atom. The third-order valence-electron chi connectivity index (χ3n) is 9.10. The van der Waals surface area contributed by atoms with Crippen molar-refractivity contribution in [3.8, 4) is 11.5 Å². The van der Waals surface area contributed by atoms with Crippen LogP contribution in [0.4, 0.5) is 5.82 Å². The first-order chi connectivity index (χ1) is 24.9. The highest BCUT2D eigenvalue weighted by molar-refractivity contribution is 6.04. The van der Waals surface area contributed by atoms with E-state index < -0.39 is 29.7 Å². The minimum Gasteiger partial charge on any atom is -0.497 e. The number of ether oxygens (including phenoxy) is 4. The van der Waals surface area contributed by atoms with Crippen LogP contribution in [-0.4, -0.2) is 60.1 Å². The summed E-state index contributed by atoms with van der Waals surface area (Å²) in [6, 6.07) is 33.9. The van der Waals surface area contributed by atoms with Gasteiger partial charge in [0.05, 0.1) is 26.9 Å². The minimum atomic E-state index is -1.12. The van der Waals surface area contributed by atoms with Gasteiger partial charge in [0.25, 0.3) is 5.91 Å². The van der Waals surface area contributed by atoms with Gasteiger partial charge in [0.15, 0.2) is 0 Å². The molecule has 1 amide bonds. The monoisotopic (exact) mass is 690 g/mol. The molecule has 5 aromatic rings. The lowest BCUT2D eigenvalue weighted by Gasteiger charge is -2.37. The van der Waals surface area contributed by atoms with E-state index in [4.69, 9.17) is 24.7 Å². The van der Waals surface area contributed by atoms with Crippen LogP contribution >= 0.6 is 0 Å². The highest BCUT2D eigenvalue weighted by atomic mass is 16.6. The van der Waals surface area contributed by atoms with Gasteiger partial charge in [-0.25, -0.2) is 4.79 Å². The number of aliphatic hydroxyl groups excluding tert-OH is 1. The molecule has 0 saturated carbocycles. The molecular formula is C40H42N4O7. The zero-order valence-electron chi connectivity index (χ0n) is 28.6. The second-order valence-corrected chi connectivity index (χ2v) is 12.3. The zero-order chi connectivity index (χ0) is 35.8. The normalized spacial score (nSPS) is 17.2. The predicted molar refractivity (Wildman–Crippen MR) is 193 cm³/mol. The molecule has 0 spiro atoms. The molecule has 0 aliphatic carbocycles. The summed E-state index contributed by atoms with van der Waals surface area (Å²) in [7, 11) is 3.23. The number of carbonyl (C=O) groups is 1. The maximum Gasteiger partial charge on any atom is 0.351 e. The van der Waals surface area contributed by atoms with Gasteiger partial charge in [0.1, 0.15) is 35.2 Å². The summed E-state index contributed by atoms with van der Waals surface area (Å²) in [6.07, 6.45) is 0.284. The SMILES string of the molecule is COc1ccc(C(OC[C@H]2O[C@@H](n3cc(CCCN)c(NC(=O)c4ccccc4)nc3=O)CC2O)(c2ccccc2)c2ccc(OC)cc2)cc1. The number of nitrogens with one attached hydrogen (secondary N) is 1. The maximum atomic E-state index is 13.4. The Balaban J connectivity index is 1.30. The molecule has 264 valence electrons. The number of benzene rings is 4. The summed E-state index contributed by atoms with van der Waals surface area (Å²) in [6.45, 7) is 0.396. The molecule has 1 aromatic heterocycles. The van der Waals surface area contributed by atoms with Crippen LogP contribution in [0.2, 0.25) is 0 Å². The molecular weight excluding hydrogens is 648 g/mol. The number of methoxy groups -OCH3 is 2. The van der Waals surface area contributed by atoms with Crippen molar-refractivity contribution in [2.24, 2.45) is 5.73 Å². The van der Waals surface area contributed by atoms with Gasteiger partial charge in [-0.1, -0.05) is 72.8 Å². The van der Waals surface area contributed by atoms with Crippen LogP contribution in [-0.2, 0) is 21.5 Å². The largest absolute Gasteiger partial charge is 0.497 e. The van der Waals surface area contributed by atoms with Crippen LogP contribution < -0.4 is 26.2 Å². The summed E-state index contributed by atoms with van der Waals surface area (Å²) in [5, 5.41) is 14.1. The summed E-state index contributed by atoms with van der Waals surface area (Å²) in [5.41, 5.74) is 7.67. The molecule has 0 radical (unpaired) electrons. The maximum absolute atomic E-state index is 13.4. The molecule has 1 fully saturated rings. The van der Waals surface area contributed by atoms with Gasteiger partial charge in [-0.05, 0) is 72.5 Å². The molecule has 51 heavy (non-hydrogen) atoms.